The Kier molecular flexibility index (Phi) is 7.32. The van der Waals surface area contributed by atoms with Crippen molar-refractivity contribution in [3.63, 3.8) is 0 Å². The number of hydrogen-bond donors (Lipinski definition) is 1. The Morgan fingerprint density at radius 1 is 1.30 bits per heavy atom. The maximum absolute atomic E-state index is 13.2. The van der Waals surface area contributed by atoms with Gasteiger partial charge in [-0.2, -0.15) is 0 Å². The molecular weight excluding hydrogens is 387 g/mol. The minimum absolute atomic E-state index is 0.0268. The smallest absolute Gasteiger partial charge is 0.232 e. The Balaban J connectivity index is 1.67. The highest BCUT2D eigenvalue weighted by atomic mass is 79.9. The summed E-state index contributed by atoms with van der Waals surface area (Å²) in [6, 6.07) is 4.33. The van der Waals surface area contributed by atoms with Crippen molar-refractivity contribution >= 4 is 39.5 Å². The summed E-state index contributed by atoms with van der Waals surface area (Å²) in [6.07, 6.45) is 0. The van der Waals surface area contributed by atoms with E-state index in [1.54, 1.807) is 11.0 Å². The van der Waals surface area contributed by atoms with Crippen LogP contribution in [0.3, 0.4) is 0 Å². The lowest BCUT2D eigenvalue weighted by molar-refractivity contribution is -0.132. The molecule has 2 amide bonds. The monoisotopic (exact) mass is 404 g/mol. The van der Waals surface area contributed by atoms with E-state index in [0.717, 1.165) is 4.47 Å². The van der Waals surface area contributed by atoms with Crippen molar-refractivity contribution in [3.8, 4) is 0 Å². The third kappa shape index (κ3) is 6.12. The number of hydrogen-bond acceptors (Lipinski definition) is 4. The molecule has 0 unspecified atom stereocenters. The molecule has 0 atom stereocenters. The highest BCUT2D eigenvalue weighted by Crippen LogP contribution is 2.17. The standard InChI is InChI=1S/C15H18BrFN2O3S/c16-13-2-1-12(17)7-11(13)8-18-14(20)9-23-10-15(21)19-3-5-22-6-4-19/h1-2,7H,3-6,8-10H2,(H,18,20). The van der Waals surface area contributed by atoms with E-state index in [-0.39, 0.29) is 35.7 Å². The quantitative estimate of drug-likeness (QED) is 0.785. The molecule has 0 spiro atoms. The van der Waals surface area contributed by atoms with Crippen LogP contribution in [-0.4, -0.2) is 54.5 Å². The molecule has 1 saturated heterocycles. The number of amides is 2. The van der Waals surface area contributed by atoms with Gasteiger partial charge in [-0.15, -0.1) is 11.8 Å². The Morgan fingerprint density at radius 3 is 2.78 bits per heavy atom. The van der Waals surface area contributed by atoms with E-state index in [1.165, 1.54) is 23.9 Å². The van der Waals surface area contributed by atoms with Gasteiger partial charge in [0.25, 0.3) is 0 Å². The largest absolute Gasteiger partial charge is 0.378 e. The highest BCUT2D eigenvalue weighted by molar-refractivity contribution is 9.10. The lowest BCUT2D eigenvalue weighted by atomic mass is 10.2. The molecule has 2 rings (SSSR count). The summed E-state index contributed by atoms with van der Waals surface area (Å²) in [5, 5.41) is 2.72. The molecule has 1 heterocycles. The first-order valence-electron chi connectivity index (χ1n) is 7.20. The van der Waals surface area contributed by atoms with Crippen LogP contribution in [0.1, 0.15) is 5.56 Å². The van der Waals surface area contributed by atoms with E-state index < -0.39 is 0 Å². The van der Waals surface area contributed by atoms with Crippen LogP contribution in [0.25, 0.3) is 0 Å². The van der Waals surface area contributed by atoms with Gasteiger partial charge in [0, 0.05) is 24.1 Å². The van der Waals surface area contributed by atoms with Crippen molar-refractivity contribution < 1.29 is 18.7 Å². The summed E-state index contributed by atoms with van der Waals surface area (Å²) in [6.45, 7) is 2.60. The zero-order valence-corrected chi connectivity index (χ0v) is 14.9. The molecule has 126 valence electrons. The van der Waals surface area contributed by atoms with E-state index in [0.29, 0.717) is 31.9 Å². The fraction of sp³-hybridized carbons (Fsp3) is 0.467. The first kappa shape index (κ1) is 18.2. The molecular formula is C15H18BrFN2O3S. The molecule has 0 bridgehead atoms. The van der Waals surface area contributed by atoms with Gasteiger partial charge in [0.15, 0.2) is 0 Å². The van der Waals surface area contributed by atoms with Crippen LogP contribution >= 0.6 is 27.7 Å². The molecule has 1 N–H and O–H groups in total. The van der Waals surface area contributed by atoms with Crippen molar-refractivity contribution in [2.24, 2.45) is 0 Å². The second kappa shape index (κ2) is 9.24. The van der Waals surface area contributed by atoms with E-state index in [9.17, 15) is 14.0 Å². The van der Waals surface area contributed by atoms with Gasteiger partial charge in [0.05, 0.1) is 24.7 Å². The molecule has 1 aromatic rings. The second-order valence-corrected chi connectivity index (χ2v) is 6.84. The molecule has 0 radical (unpaired) electrons. The van der Waals surface area contributed by atoms with Crippen LogP contribution in [0.4, 0.5) is 4.39 Å². The average Bonchev–Trinajstić information content (AvgIpc) is 2.56. The van der Waals surface area contributed by atoms with Crippen molar-refractivity contribution in [1.82, 2.24) is 10.2 Å². The summed E-state index contributed by atoms with van der Waals surface area (Å²) < 4.78 is 19.1. The molecule has 0 saturated carbocycles. The molecule has 0 aliphatic carbocycles. The van der Waals surface area contributed by atoms with Crippen molar-refractivity contribution in [3.05, 3.63) is 34.1 Å². The van der Waals surface area contributed by atoms with Gasteiger partial charge >= 0.3 is 0 Å². The van der Waals surface area contributed by atoms with E-state index in [2.05, 4.69) is 21.2 Å². The van der Waals surface area contributed by atoms with E-state index in [1.807, 2.05) is 0 Å². The van der Waals surface area contributed by atoms with Crippen molar-refractivity contribution in [1.29, 1.82) is 0 Å². The van der Waals surface area contributed by atoms with Crippen molar-refractivity contribution in [2.45, 2.75) is 6.54 Å². The minimum Gasteiger partial charge on any atom is -0.378 e. The predicted octanol–water partition coefficient (Wildman–Crippen LogP) is 1.80. The number of rotatable bonds is 6. The number of thioether (sulfide) groups is 1. The molecule has 1 aromatic carbocycles. The average molecular weight is 405 g/mol. The fourth-order valence-electron chi connectivity index (χ4n) is 2.06. The summed E-state index contributed by atoms with van der Waals surface area (Å²) in [5.41, 5.74) is 0.674. The number of carbonyl (C=O) groups excluding carboxylic acids is 2. The number of morpholine rings is 1. The summed E-state index contributed by atoms with van der Waals surface area (Å²) in [5.74, 6) is -0.0250. The Bertz CT molecular complexity index is 568. The maximum atomic E-state index is 13.2. The van der Waals surface area contributed by atoms with Gasteiger partial charge in [0.1, 0.15) is 5.82 Å². The Morgan fingerprint density at radius 2 is 2.04 bits per heavy atom. The lowest BCUT2D eigenvalue weighted by Gasteiger charge is -2.26. The summed E-state index contributed by atoms with van der Waals surface area (Å²) >= 11 is 4.59. The number of carbonyl (C=O) groups is 2. The van der Waals surface area contributed by atoms with Gasteiger partial charge in [0.2, 0.25) is 11.8 Å². The maximum Gasteiger partial charge on any atom is 0.232 e. The SMILES string of the molecule is O=C(CSCC(=O)N1CCOCC1)NCc1cc(F)ccc1Br. The van der Waals surface area contributed by atoms with Gasteiger partial charge in [-0.1, -0.05) is 15.9 Å². The fourth-order valence-corrected chi connectivity index (χ4v) is 3.19. The Labute approximate surface area is 147 Å². The number of benzene rings is 1. The van der Waals surface area contributed by atoms with Crippen LogP contribution in [0.15, 0.2) is 22.7 Å². The highest BCUT2D eigenvalue weighted by Gasteiger charge is 2.16. The molecule has 1 fully saturated rings. The third-order valence-corrected chi connectivity index (χ3v) is 5.00. The first-order valence-corrected chi connectivity index (χ1v) is 9.15. The second-order valence-electron chi connectivity index (χ2n) is 5.00. The zero-order chi connectivity index (χ0) is 16.7. The molecule has 0 aromatic heterocycles. The van der Waals surface area contributed by atoms with Gasteiger partial charge in [-0.25, -0.2) is 4.39 Å². The van der Waals surface area contributed by atoms with Crippen molar-refractivity contribution in [2.75, 3.05) is 37.8 Å². The zero-order valence-electron chi connectivity index (χ0n) is 12.5. The Hall–Kier alpha value is -1.12. The van der Waals surface area contributed by atoms with E-state index in [4.69, 9.17) is 4.74 Å². The normalized spacial score (nSPS) is 14.6. The van der Waals surface area contributed by atoms with Crippen LogP contribution < -0.4 is 5.32 Å². The summed E-state index contributed by atoms with van der Waals surface area (Å²) in [7, 11) is 0. The molecule has 1 aliphatic heterocycles. The first-order chi connectivity index (χ1) is 11.1. The predicted molar refractivity (Wildman–Crippen MR) is 90.7 cm³/mol. The number of halogens is 2. The van der Waals surface area contributed by atoms with E-state index >= 15 is 0 Å². The lowest BCUT2D eigenvalue weighted by Crippen LogP contribution is -2.41. The number of nitrogens with one attached hydrogen (secondary N) is 1. The van der Waals surface area contributed by atoms with Crippen LogP contribution in [0, 0.1) is 5.82 Å². The van der Waals surface area contributed by atoms with Crippen LogP contribution in [0.2, 0.25) is 0 Å². The van der Waals surface area contributed by atoms with Gasteiger partial charge < -0.3 is 15.0 Å². The molecule has 23 heavy (non-hydrogen) atoms. The van der Waals surface area contributed by atoms with Gasteiger partial charge in [-0.05, 0) is 23.8 Å². The minimum atomic E-state index is -0.345. The topological polar surface area (TPSA) is 58.6 Å². The molecule has 5 nitrogen and oxygen atoms in total. The molecule has 1 aliphatic rings. The number of nitrogens with zero attached hydrogens (tertiary/aromatic N) is 1. The molecule has 8 heteroatoms. The summed E-state index contributed by atoms with van der Waals surface area (Å²) in [4.78, 5) is 25.4. The number of ether oxygens (including phenoxy) is 1. The van der Waals surface area contributed by atoms with Crippen LogP contribution in [0.5, 0.6) is 0 Å². The van der Waals surface area contributed by atoms with Gasteiger partial charge in [-0.3, -0.25) is 9.59 Å². The van der Waals surface area contributed by atoms with Crippen LogP contribution in [-0.2, 0) is 20.9 Å². The third-order valence-electron chi connectivity index (χ3n) is 3.31.